The van der Waals surface area contributed by atoms with Gasteiger partial charge >= 0.3 is 0 Å². The van der Waals surface area contributed by atoms with Crippen molar-refractivity contribution in [3.63, 3.8) is 0 Å². The maximum absolute atomic E-state index is 5.61. The first kappa shape index (κ1) is 11.0. The molecule has 4 nitrogen and oxygen atoms in total. The zero-order chi connectivity index (χ0) is 10.5. The number of nitrogens with zero attached hydrogens (tertiary/aromatic N) is 2. The van der Waals surface area contributed by atoms with Crippen molar-refractivity contribution in [1.29, 1.82) is 0 Å². The van der Waals surface area contributed by atoms with Gasteiger partial charge in [-0.2, -0.15) is 0 Å². The largest absolute Gasteiger partial charge is 0.378 e. The van der Waals surface area contributed by atoms with Crippen molar-refractivity contribution in [1.82, 2.24) is 14.9 Å². The molecule has 1 N–H and O–H groups in total. The molecule has 5 heteroatoms. The van der Waals surface area contributed by atoms with E-state index in [1.54, 1.807) is 0 Å². The Morgan fingerprint density at radius 3 is 3.27 bits per heavy atom. The molecule has 0 aliphatic carbocycles. The van der Waals surface area contributed by atoms with Gasteiger partial charge in [-0.05, 0) is 44.3 Å². The molecule has 1 aromatic rings. The van der Waals surface area contributed by atoms with E-state index in [0.29, 0.717) is 12.1 Å². The Bertz CT molecular complexity index is 272. The van der Waals surface area contributed by atoms with Gasteiger partial charge in [0.25, 0.3) is 0 Å². The van der Waals surface area contributed by atoms with E-state index in [9.17, 15) is 0 Å². The normalized spacial score (nSPS) is 23.1. The average molecular weight is 227 g/mol. The summed E-state index contributed by atoms with van der Waals surface area (Å²) >= 11 is 1.47. The van der Waals surface area contributed by atoms with Gasteiger partial charge in [0.1, 0.15) is 0 Å². The van der Waals surface area contributed by atoms with Crippen LogP contribution in [0.2, 0.25) is 0 Å². The smallest absolute Gasteiger partial charge is 0.0669 e. The summed E-state index contributed by atoms with van der Waals surface area (Å²) in [6, 6.07) is 0.384. The highest BCUT2D eigenvalue weighted by Crippen LogP contribution is 2.24. The number of nitrogens with one attached hydrogen (secondary N) is 1. The first-order chi connectivity index (χ1) is 7.40. The fraction of sp³-hybridized carbons (Fsp3) is 0.800. The molecule has 0 spiro atoms. The minimum Gasteiger partial charge on any atom is -0.378 e. The van der Waals surface area contributed by atoms with E-state index in [1.807, 2.05) is 13.2 Å². The number of ether oxygens (including phenoxy) is 1. The number of hydrogen-bond acceptors (Lipinski definition) is 5. The molecule has 1 saturated heterocycles. The Kier molecular flexibility index (Phi) is 4.05. The highest BCUT2D eigenvalue weighted by atomic mass is 32.1. The topological polar surface area (TPSA) is 47.0 Å². The average Bonchev–Trinajstić information content (AvgIpc) is 2.90. The molecule has 2 rings (SSSR count). The Hall–Kier alpha value is -0.520. The van der Waals surface area contributed by atoms with Crippen LogP contribution in [0.25, 0.3) is 0 Å². The first-order valence-corrected chi connectivity index (χ1v) is 6.23. The van der Waals surface area contributed by atoms with Crippen LogP contribution in [-0.2, 0) is 4.74 Å². The summed E-state index contributed by atoms with van der Waals surface area (Å²) < 4.78 is 9.50. The predicted octanol–water partition coefficient (Wildman–Crippen LogP) is 1.76. The van der Waals surface area contributed by atoms with Gasteiger partial charge in [-0.25, -0.2) is 0 Å². The molecular formula is C10H17N3OS. The fourth-order valence-corrected chi connectivity index (χ4v) is 2.63. The summed E-state index contributed by atoms with van der Waals surface area (Å²) in [6.07, 6.45) is 6.99. The molecule has 0 saturated carbocycles. The van der Waals surface area contributed by atoms with E-state index >= 15 is 0 Å². The van der Waals surface area contributed by atoms with Crippen LogP contribution < -0.4 is 5.32 Å². The summed E-state index contributed by atoms with van der Waals surface area (Å²) in [7, 11) is 1.99. The first-order valence-electron chi connectivity index (χ1n) is 5.46. The second-order valence-electron chi connectivity index (χ2n) is 3.87. The van der Waals surface area contributed by atoms with Crippen LogP contribution >= 0.6 is 11.5 Å². The summed E-state index contributed by atoms with van der Waals surface area (Å²) in [5.74, 6) is 0. The SMILES string of the molecule is CNC(CCC1CCCO1)c1cnns1. The third kappa shape index (κ3) is 2.96. The van der Waals surface area contributed by atoms with E-state index in [0.717, 1.165) is 19.4 Å². The van der Waals surface area contributed by atoms with Crippen LogP contribution in [0.4, 0.5) is 0 Å². The van der Waals surface area contributed by atoms with Gasteiger partial charge in [-0.1, -0.05) is 4.49 Å². The highest BCUT2D eigenvalue weighted by Gasteiger charge is 2.18. The fourth-order valence-electron chi connectivity index (χ4n) is 1.98. The second kappa shape index (κ2) is 5.53. The van der Waals surface area contributed by atoms with E-state index in [4.69, 9.17) is 4.74 Å². The summed E-state index contributed by atoms with van der Waals surface area (Å²) in [4.78, 5) is 1.22. The molecule has 1 fully saturated rings. The Morgan fingerprint density at radius 1 is 1.73 bits per heavy atom. The minimum absolute atomic E-state index is 0.384. The Morgan fingerprint density at radius 2 is 2.67 bits per heavy atom. The minimum atomic E-state index is 0.384. The number of aromatic nitrogens is 2. The zero-order valence-corrected chi connectivity index (χ0v) is 9.80. The van der Waals surface area contributed by atoms with Crippen molar-refractivity contribution in [2.24, 2.45) is 0 Å². The van der Waals surface area contributed by atoms with Crippen molar-refractivity contribution in [3.05, 3.63) is 11.1 Å². The monoisotopic (exact) mass is 227 g/mol. The molecule has 2 heterocycles. The van der Waals surface area contributed by atoms with Crippen LogP contribution in [0.5, 0.6) is 0 Å². The third-order valence-corrected chi connectivity index (χ3v) is 3.65. The molecule has 0 amide bonds. The van der Waals surface area contributed by atoms with Crippen LogP contribution in [0.1, 0.15) is 36.6 Å². The van der Waals surface area contributed by atoms with E-state index in [1.165, 1.54) is 29.3 Å². The summed E-state index contributed by atoms with van der Waals surface area (Å²) in [5, 5.41) is 7.17. The zero-order valence-electron chi connectivity index (χ0n) is 8.98. The predicted molar refractivity (Wildman–Crippen MR) is 59.9 cm³/mol. The lowest BCUT2D eigenvalue weighted by Crippen LogP contribution is -2.17. The molecule has 1 aliphatic heterocycles. The summed E-state index contributed by atoms with van der Waals surface area (Å²) in [6.45, 7) is 0.941. The van der Waals surface area contributed by atoms with Gasteiger partial charge < -0.3 is 10.1 Å². The lowest BCUT2D eigenvalue weighted by Gasteiger charge is -2.15. The lowest BCUT2D eigenvalue weighted by molar-refractivity contribution is 0.0999. The van der Waals surface area contributed by atoms with Crippen LogP contribution in [0, 0.1) is 0 Å². The van der Waals surface area contributed by atoms with E-state index in [-0.39, 0.29) is 0 Å². The van der Waals surface area contributed by atoms with Crippen molar-refractivity contribution in [2.75, 3.05) is 13.7 Å². The third-order valence-electron chi connectivity index (χ3n) is 2.87. The van der Waals surface area contributed by atoms with Crippen molar-refractivity contribution >= 4 is 11.5 Å². The van der Waals surface area contributed by atoms with Gasteiger partial charge in [0.2, 0.25) is 0 Å². The molecule has 0 radical (unpaired) electrons. The Labute approximate surface area is 94.2 Å². The maximum Gasteiger partial charge on any atom is 0.0669 e. The molecule has 84 valence electrons. The Balaban J connectivity index is 1.80. The van der Waals surface area contributed by atoms with Crippen molar-refractivity contribution in [3.8, 4) is 0 Å². The molecule has 0 aromatic carbocycles. The molecule has 1 aliphatic rings. The van der Waals surface area contributed by atoms with Crippen molar-refractivity contribution < 1.29 is 4.74 Å². The van der Waals surface area contributed by atoms with Gasteiger partial charge in [-0.15, -0.1) is 5.10 Å². The lowest BCUT2D eigenvalue weighted by atomic mass is 10.1. The van der Waals surface area contributed by atoms with E-state index in [2.05, 4.69) is 14.9 Å². The summed E-state index contributed by atoms with van der Waals surface area (Å²) in [5.41, 5.74) is 0. The van der Waals surface area contributed by atoms with Crippen molar-refractivity contribution in [2.45, 2.75) is 37.8 Å². The van der Waals surface area contributed by atoms with Gasteiger partial charge in [-0.3, -0.25) is 0 Å². The van der Waals surface area contributed by atoms with Crippen LogP contribution in [0.15, 0.2) is 6.20 Å². The van der Waals surface area contributed by atoms with E-state index < -0.39 is 0 Å². The quantitative estimate of drug-likeness (QED) is 0.832. The standard InChI is InChI=1S/C10H17N3OS/c1-11-9(10-7-12-13-15-10)5-4-8-3-2-6-14-8/h7-9,11H,2-6H2,1H3. The van der Waals surface area contributed by atoms with Crippen LogP contribution in [-0.4, -0.2) is 29.3 Å². The second-order valence-corrected chi connectivity index (χ2v) is 4.69. The van der Waals surface area contributed by atoms with Gasteiger partial charge in [0.15, 0.2) is 0 Å². The number of rotatable bonds is 5. The highest BCUT2D eigenvalue weighted by molar-refractivity contribution is 7.05. The van der Waals surface area contributed by atoms with Gasteiger partial charge in [0.05, 0.1) is 17.2 Å². The maximum atomic E-state index is 5.61. The molecular weight excluding hydrogens is 210 g/mol. The van der Waals surface area contributed by atoms with Crippen LogP contribution in [0.3, 0.4) is 0 Å². The molecule has 1 aromatic heterocycles. The number of hydrogen-bond donors (Lipinski definition) is 1. The molecule has 2 unspecified atom stereocenters. The molecule has 0 bridgehead atoms. The molecule has 2 atom stereocenters. The molecule has 15 heavy (non-hydrogen) atoms. The van der Waals surface area contributed by atoms with Gasteiger partial charge in [0, 0.05) is 12.6 Å².